The molecule has 0 amide bonds. The second-order valence-electron chi connectivity index (χ2n) is 8.71. The van der Waals surface area contributed by atoms with E-state index in [-0.39, 0.29) is 17.3 Å². The minimum atomic E-state index is -4.62. The zero-order chi connectivity index (χ0) is 26.1. The van der Waals surface area contributed by atoms with Crippen LogP contribution >= 0.6 is 11.6 Å². The number of ether oxygens (including phenoxy) is 1. The lowest BCUT2D eigenvalue weighted by molar-refractivity contribution is -0.142. The van der Waals surface area contributed by atoms with Crippen molar-refractivity contribution in [3.05, 3.63) is 101 Å². The second-order valence-corrected chi connectivity index (χ2v) is 9.11. The molecule has 0 fully saturated rings. The highest BCUT2D eigenvalue weighted by atomic mass is 35.5. The molecule has 1 aromatic heterocycles. The standard InChI is InChI=1S/C27H22ClF3N2O3/c1-26(2,25(34)35)19-7-5-6-18(14-19)17-10-12-21(13-11-17)36-16-20-15-24(27(29,30)31)32-33(20)23-9-4-3-8-22(23)28/h3-15H,16H2,1-2H3,(H,34,35). The monoisotopic (exact) mass is 514 g/mol. The lowest BCUT2D eigenvalue weighted by atomic mass is 9.83. The molecule has 0 atom stereocenters. The SMILES string of the molecule is CC(C)(C(=O)O)c1cccc(-c2ccc(OCc3cc(C(F)(F)F)nn3-c3ccccc3Cl)cc2)c1. The molecule has 1 N–H and O–H groups in total. The van der Waals surface area contributed by atoms with Gasteiger partial charge in [-0.1, -0.05) is 60.1 Å². The number of para-hydroxylation sites is 1. The maximum atomic E-state index is 13.3. The fraction of sp³-hybridized carbons (Fsp3) is 0.185. The summed E-state index contributed by atoms with van der Waals surface area (Å²) in [5, 5.41) is 13.5. The Morgan fingerprint density at radius 3 is 2.31 bits per heavy atom. The number of halogens is 4. The van der Waals surface area contributed by atoms with Crippen LogP contribution in [-0.2, 0) is 23.0 Å². The molecule has 36 heavy (non-hydrogen) atoms. The molecule has 0 radical (unpaired) electrons. The number of benzene rings is 3. The smallest absolute Gasteiger partial charge is 0.435 e. The normalized spacial score (nSPS) is 11.9. The van der Waals surface area contributed by atoms with Gasteiger partial charge in [-0.25, -0.2) is 4.68 Å². The number of alkyl halides is 3. The van der Waals surface area contributed by atoms with Gasteiger partial charge in [0.05, 0.1) is 21.8 Å². The summed E-state index contributed by atoms with van der Waals surface area (Å²) in [6.07, 6.45) is -4.62. The van der Waals surface area contributed by atoms with Crippen LogP contribution in [0.1, 0.15) is 30.8 Å². The van der Waals surface area contributed by atoms with E-state index in [2.05, 4.69) is 5.10 Å². The number of aromatic nitrogens is 2. The van der Waals surface area contributed by atoms with Crippen LogP contribution < -0.4 is 4.74 Å². The molecule has 4 aromatic rings. The first-order chi connectivity index (χ1) is 17.0. The highest BCUT2D eigenvalue weighted by Crippen LogP contribution is 2.32. The Kier molecular flexibility index (Phi) is 6.82. The summed E-state index contributed by atoms with van der Waals surface area (Å²) in [6.45, 7) is 3.11. The van der Waals surface area contributed by atoms with Gasteiger partial charge >= 0.3 is 12.1 Å². The quantitative estimate of drug-likeness (QED) is 0.284. The van der Waals surface area contributed by atoms with Crippen LogP contribution in [0.5, 0.6) is 5.75 Å². The lowest BCUT2D eigenvalue weighted by Gasteiger charge is -2.20. The lowest BCUT2D eigenvalue weighted by Crippen LogP contribution is -2.28. The number of hydrogen-bond acceptors (Lipinski definition) is 3. The summed E-state index contributed by atoms with van der Waals surface area (Å²) in [5.41, 5.74) is 0.752. The molecule has 0 bridgehead atoms. The minimum absolute atomic E-state index is 0.171. The van der Waals surface area contributed by atoms with Crippen molar-refractivity contribution < 1.29 is 27.8 Å². The highest BCUT2D eigenvalue weighted by Gasteiger charge is 2.35. The van der Waals surface area contributed by atoms with Gasteiger partial charge in [-0.3, -0.25) is 4.79 Å². The Bertz CT molecular complexity index is 1400. The molecule has 0 spiro atoms. The maximum absolute atomic E-state index is 13.3. The molecule has 0 aliphatic carbocycles. The summed E-state index contributed by atoms with van der Waals surface area (Å²) < 4.78 is 46.9. The van der Waals surface area contributed by atoms with Gasteiger partial charge in [0.25, 0.3) is 0 Å². The Labute approximate surface area is 210 Å². The van der Waals surface area contributed by atoms with Crippen molar-refractivity contribution in [3.8, 4) is 22.6 Å². The number of carboxylic acids is 1. The van der Waals surface area contributed by atoms with Gasteiger partial charge in [0, 0.05) is 0 Å². The summed E-state index contributed by atoms with van der Waals surface area (Å²) in [7, 11) is 0. The van der Waals surface area contributed by atoms with E-state index in [1.807, 2.05) is 12.1 Å². The van der Waals surface area contributed by atoms with Gasteiger partial charge in [0.2, 0.25) is 0 Å². The molecular formula is C27H22ClF3N2O3. The van der Waals surface area contributed by atoms with E-state index in [9.17, 15) is 23.1 Å². The van der Waals surface area contributed by atoms with Gasteiger partial charge in [0.1, 0.15) is 12.4 Å². The number of carboxylic acid groups (broad SMARTS) is 1. The third-order valence-corrected chi connectivity index (χ3v) is 6.17. The molecule has 0 saturated carbocycles. The van der Waals surface area contributed by atoms with E-state index in [0.717, 1.165) is 21.9 Å². The van der Waals surface area contributed by atoms with Crippen molar-refractivity contribution in [2.45, 2.75) is 32.0 Å². The number of rotatable bonds is 7. The topological polar surface area (TPSA) is 64.3 Å². The number of carbonyl (C=O) groups is 1. The van der Waals surface area contributed by atoms with Crippen LogP contribution in [0.2, 0.25) is 5.02 Å². The Hall–Kier alpha value is -3.78. The predicted octanol–water partition coefficient (Wildman–Crippen LogP) is 7.15. The summed E-state index contributed by atoms with van der Waals surface area (Å²) >= 11 is 6.19. The summed E-state index contributed by atoms with van der Waals surface area (Å²) in [4.78, 5) is 11.6. The van der Waals surface area contributed by atoms with E-state index in [1.54, 1.807) is 74.5 Å². The largest absolute Gasteiger partial charge is 0.487 e. The molecule has 0 unspecified atom stereocenters. The Morgan fingerprint density at radius 1 is 0.972 bits per heavy atom. The first-order valence-electron chi connectivity index (χ1n) is 10.9. The molecule has 0 aliphatic heterocycles. The third kappa shape index (κ3) is 5.23. The van der Waals surface area contributed by atoms with Crippen molar-refractivity contribution in [1.82, 2.24) is 9.78 Å². The molecule has 186 valence electrons. The van der Waals surface area contributed by atoms with Crippen LogP contribution in [-0.4, -0.2) is 20.9 Å². The molecule has 9 heteroatoms. The van der Waals surface area contributed by atoms with Crippen LogP contribution in [0.3, 0.4) is 0 Å². The predicted molar refractivity (Wildman–Crippen MR) is 130 cm³/mol. The first-order valence-corrected chi connectivity index (χ1v) is 11.3. The molecule has 0 saturated heterocycles. The maximum Gasteiger partial charge on any atom is 0.435 e. The first kappa shape index (κ1) is 25.3. The van der Waals surface area contributed by atoms with E-state index < -0.39 is 23.3 Å². The van der Waals surface area contributed by atoms with Crippen molar-refractivity contribution >= 4 is 17.6 Å². The average molecular weight is 515 g/mol. The van der Waals surface area contributed by atoms with Gasteiger partial charge in [-0.15, -0.1) is 0 Å². The summed E-state index contributed by atoms with van der Waals surface area (Å²) in [6, 6.07) is 21.7. The van der Waals surface area contributed by atoms with E-state index in [1.165, 1.54) is 0 Å². The minimum Gasteiger partial charge on any atom is -0.487 e. The van der Waals surface area contributed by atoms with Gasteiger partial charge in [0.15, 0.2) is 5.69 Å². The Balaban J connectivity index is 1.56. The van der Waals surface area contributed by atoms with Crippen molar-refractivity contribution in [3.63, 3.8) is 0 Å². The van der Waals surface area contributed by atoms with E-state index in [4.69, 9.17) is 16.3 Å². The molecular weight excluding hydrogens is 493 g/mol. The van der Waals surface area contributed by atoms with Gasteiger partial charge in [-0.2, -0.15) is 18.3 Å². The van der Waals surface area contributed by atoms with Crippen molar-refractivity contribution in [2.24, 2.45) is 0 Å². The van der Waals surface area contributed by atoms with Crippen LogP contribution in [0.4, 0.5) is 13.2 Å². The molecule has 4 rings (SSSR count). The molecule has 5 nitrogen and oxygen atoms in total. The molecule has 3 aromatic carbocycles. The van der Waals surface area contributed by atoms with Crippen LogP contribution in [0.15, 0.2) is 78.9 Å². The summed E-state index contributed by atoms with van der Waals surface area (Å²) in [5.74, 6) is -0.477. The number of nitrogens with zero attached hydrogens (tertiary/aromatic N) is 2. The van der Waals surface area contributed by atoms with Crippen LogP contribution in [0, 0.1) is 0 Å². The number of hydrogen-bond donors (Lipinski definition) is 1. The zero-order valence-corrected chi connectivity index (χ0v) is 20.1. The third-order valence-electron chi connectivity index (χ3n) is 5.85. The highest BCUT2D eigenvalue weighted by molar-refractivity contribution is 6.32. The van der Waals surface area contributed by atoms with Crippen molar-refractivity contribution in [2.75, 3.05) is 0 Å². The second kappa shape index (κ2) is 9.70. The fourth-order valence-corrected chi connectivity index (χ4v) is 3.82. The van der Waals surface area contributed by atoms with E-state index >= 15 is 0 Å². The average Bonchev–Trinajstić information content (AvgIpc) is 3.28. The fourth-order valence-electron chi connectivity index (χ4n) is 3.61. The number of aliphatic carboxylic acids is 1. The Morgan fingerprint density at radius 2 is 1.67 bits per heavy atom. The zero-order valence-electron chi connectivity index (χ0n) is 19.4. The van der Waals surface area contributed by atoms with E-state index in [0.29, 0.717) is 17.0 Å². The molecule has 1 heterocycles. The van der Waals surface area contributed by atoms with Crippen molar-refractivity contribution in [1.29, 1.82) is 0 Å². The van der Waals surface area contributed by atoms with Gasteiger partial charge in [-0.05, 0) is 60.9 Å². The van der Waals surface area contributed by atoms with Gasteiger partial charge < -0.3 is 9.84 Å². The molecule has 0 aliphatic rings. The van der Waals surface area contributed by atoms with Crippen LogP contribution in [0.25, 0.3) is 16.8 Å².